The molecule has 1 aliphatic heterocycles. The van der Waals surface area contributed by atoms with E-state index in [0.717, 1.165) is 25.1 Å². The molecule has 0 spiro atoms. The lowest BCUT2D eigenvalue weighted by atomic mass is 10.0. The molecule has 1 atom stereocenters. The fourth-order valence-corrected chi connectivity index (χ4v) is 2.14. The van der Waals surface area contributed by atoms with Crippen molar-refractivity contribution in [2.75, 3.05) is 11.4 Å². The Morgan fingerprint density at radius 1 is 1.50 bits per heavy atom. The van der Waals surface area contributed by atoms with Crippen LogP contribution in [-0.4, -0.2) is 18.5 Å². The zero-order valence-electron chi connectivity index (χ0n) is 9.65. The van der Waals surface area contributed by atoms with Crippen LogP contribution in [0.3, 0.4) is 0 Å². The van der Waals surface area contributed by atoms with Gasteiger partial charge in [-0.1, -0.05) is 25.1 Å². The topological polar surface area (TPSA) is 46.3 Å². The number of nitrogens with two attached hydrogens (primary N) is 1. The fourth-order valence-electron chi connectivity index (χ4n) is 2.14. The zero-order valence-corrected chi connectivity index (χ0v) is 9.65. The number of aryl methyl sites for hydroxylation is 1. The maximum Gasteiger partial charge on any atom is 0.243 e. The predicted octanol–water partition coefficient (Wildman–Crippen LogP) is 1.70. The highest BCUT2D eigenvalue weighted by atomic mass is 16.2. The van der Waals surface area contributed by atoms with E-state index in [4.69, 9.17) is 5.73 Å². The lowest BCUT2D eigenvalue weighted by Gasteiger charge is -2.31. The third-order valence-corrected chi connectivity index (χ3v) is 3.13. The number of nitrogens with zero attached hydrogens (tertiary/aromatic N) is 1. The number of carbonyl (C=O) groups is 1. The van der Waals surface area contributed by atoms with Gasteiger partial charge in [0.1, 0.15) is 0 Å². The number of para-hydroxylation sites is 1. The number of fused-ring (bicyclic) bond motifs is 1. The van der Waals surface area contributed by atoms with Crippen LogP contribution >= 0.6 is 0 Å². The zero-order chi connectivity index (χ0) is 11.5. The van der Waals surface area contributed by atoms with Crippen LogP contribution in [-0.2, 0) is 11.2 Å². The number of rotatable bonds is 2. The van der Waals surface area contributed by atoms with Crippen LogP contribution in [0.15, 0.2) is 24.3 Å². The van der Waals surface area contributed by atoms with Crippen LogP contribution in [0.25, 0.3) is 0 Å². The Hall–Kier alpha value is -1.35. The first-order chi connectivity index (χ1) is 7.74. The Kier molecular flexibility index (Phi) is 3.25. The first-order valence-corrected chi connectivity index (χ1v) is 5.89. The lowest BCUT2D eigenvalue weighted by molar-refractivity contribution is -0.120. The smallest absolute Gasteiger partial charge is 0.243 e. The Balaban J connectivity index is 2.28. The van der Waals surface area contributed by atoms with Gasteiger partial charge in [0.2, 0.25) is 5.91 Å². The summed E-state index contributed by atoms with van der Waals surface area (Å²) in [5, 5.41) is 0. The molecule has 1 aromatic carbocycles. The van der Waals surface area contributed by atoms with Crippen LogP contribution in [0.5, 0.6) is 0 Å². The van der Waals surface area contributed by atoms with E-state index in [1.54, 1.807) is 0 Å². The van der Waals surface area contributed by atoms with E-state index in [2.05, 4.69) is 6.07 Å². The van der Waals surface area contributed by atoms with Crippen molar-refractivity contribution in [3.63, 3.8) is 0 Å². The summed E-state index contributed by atoms with van der Waals surface area (Å²) in [6.07, 6.45) is 2.78. The molecule has 0 radical (unpaired) electrons. The molecular weight excluding hydrogens is 200 g/mol. The van der Waals surface area contributed by atoms with Gasteiger partial charge in [-0.05, 0) is 30.9 Å². The van der Waals surface area contributed by atoms with E-state index in [0.29, 0.717) is 6.42 Å². The molecule has 0 saturated carbocycles. The molecule has 0 fully saturated rings. The van der Waals surface area contributed by atoms with Crippen LogP contribution in [0.1, 0.15) is 25.3 Å². The standard InChI is InChI=1S/C13H18N2O/c1-2-11(14)13(16)15-9-5-7-10-6-3-4-8-12(10)15/h3-4,6,8,11H,2,5,7,9,14H2,1H3/t11-/m0/s1. The Morgan fingerprint density at radius 2 is 2.25 bits per heavy atom. The van der Waals surface area contributed by atoms with Gasteiger partial charge in [-0.3, -0.25) is 4.79 Å². The number of anilines is 1. The molecule has 86 valence electrons. The van der Waals surface area contributed by atoms with Gasteiger partial charge in [-0.2, -0.15) is 0 Å². The second kappa shape index (κ2) is 4.66. The molecule has 3 nitrogen and oxygen atoms in total. The van der Waals surface area contributed by atoms with Crippen molar-refractivity contribution in [1.82, 2.24) is 0 Å². The van der Waals surface area contributed by atoms with E-state index in [9.17, 15) is 4.79 Å². The third kappa shape index (κ3) is 1.95. The summed E-state index contributed by atoms with van der Waals surface area (Å²) < 4.78 is 0. The normalized spacial score (nSPS) is 16.8. The molecule has 0 bridgehead atoms. The predicted molar refractivity (Wildman–Crippen MR) is 65.4 cm³/mol. The number of amides is 1. The monoisotopic (exact) mass is 218 g/mol. The van der Waals surface area contributed by atoms with E-state index in [1.807, 2.05) is 30.0 Å². The first-order valence-electron chi connectivity index (χ1n) is 5.89. The van der Waals surface area contributed by atoms with E-state index < -0.39 is 0 Å². The highest BCUT2D eigenvalue weighted by Crippen LogP contribution is 2.27. The quantitative estimate of drug-likeness (QED) is 0.821. The molecule has 1 amide bonds. The molecule has 16 heavy (non-hydrogen) atoms. The molecule has 1 aromatic rings. The average Bonchev–Trinajstić information content (AvgIpc) is 2.36. The minimum Gasteiger partial charge on any atom is -0.320 e. The van der Waals surface area contributed by atoms with Crippen LogP contribution in [0.4, 0.5) is 5.69 Å². The van der Waals surface area contributed by atoms with Gasteiger partial charge < -0.3 is 10.6 Å². The summed E-state index contributed by atoms with van der Waals surface area (Å²) in [6, 6.07) is 7.72. The van der Waals surface area contributed by atoms with Crippen LogP contribution < -0.4 is 10.6 Å². The molecule has 1 aliphatic rings. The second-order valence-corrected chi connectivity index (χ2v) is 4.24. The SMILES string of the molecule is CC[C@H](N)C(=O)N1CCCc2ccccc21. The third-order valence-electron chi connectivity index (χ3n) is 3.13. The molecule has 0 unspecified atom stereocenters. The fraction of sp³-hybridized carbons (Fsp3) is 0.462. The van der Waals surface area contributed by atoms with Gasteiger partial charge >= 0.3 is 0 Å². The molecule has 0 saturated heterocycles. The van der Waals surface area contributed by atoms with Crippen LogP contribution in [0, 0.1) is 0 Å². The maximum atomic E-state index is 12.1. The Bertz CT molecular complexity index is 389. The highest BCUT2D eigenvalue weighted by Gasteiger charge is 2.25. The van der Waals surface area contributed by atoms with Gasteiger partial charge in [0.15, 0.2) is 0 Å². The Labute approximate surface area is 96.2 Å². The number of carbonyl (C=O) groups excluding carboxylic acids is 1. The van der Waals surface area contributed by atoms with Crippen molar-refractivity contribution >= 4 is 11.6 Å². The number of hydrogen-bond donors (Lipinski definition) is 1. The van der Waals surface area contributed by atoms with Gasteiger partial charge in [-0.15, -0.1) is 0 Å². The van der Waals surface area contributed by atoms with Gasteiger partial charge in [0, 0.05) is 12.2 Å². The maximum absolute atomic E-state index is 12.1. The van der Waals surface area contributed by atoms with Gasteiger partial charge in [0.05, 0.1) is 6.04 Å². The van der Waals surface area contributed by atoms with E-state index in [1.165, 1.54) is 5.56 Å². The largest absolute Gasteiger partial charge is 0.320 e. The molecule has 3 heteroatoms. The van der Waals surface area contributed by atoms with Crippen molar-refractivity contribution in [2.45, 2.75) is 32.2 Å². The van der Waals surface area contributed by atoms with Crippen molar-refractivity contribution in [3.8, 4) is 0 Å². The van der Waals surface area contributed by atoms with Crippen molar-refractivity contribution in [3.05, 3.63) is 29.8 Å². The minimum absolute atomic E-state index is 0.0506. The second-order valence-electron chi connectivity index (χ2n) is 4.24. The Morgan fingerprint density at radius 3 is 3.00 bits per heavy atom. The van der Waals surface area contributed by atoms with Gasteiger partial charge in [-0.25, -0.2) is 0 Å². The molecule has 1 heterocycles. The van der Waals surface area contributed by atoms with Crippen LogP contribution in [0.2, 0.25) is 0 Å². The number of hydrogen-bond acceptors (Lipinski definition) is 2. The van der Waals surface area contributed by atoms with E-state index >= 15 is 0 Å². The highest BCUT2D eigenvalue weighted by molar-refractivity contribution is 5.98. The summed E-state index contributed by atoms with van der Waals surface area (Å²) in [4.78, 5) is 13.9. The molecule has 0 aliphatic carbocycles. The number of benzene rings is 1. The summed E-state index contributed by atoms with van der Waals surface area (Å²) in [7, 11) is 0. The molecule has 2 N–H and O–H groups in total. The van der Waals surface area contributed by atoms with Crippen molar-refractivity contribution < 1.29 is 4.79 Å². The van der Waals surface area contributed by atoms with Crippen molar-refractivity contribution in [2.24, 2.45) is 5.73 Å². The average molecular weight is 218 g/mol. The van der Waals surface area contributed by atoms with Crippen molar-refractivity contribution in [1.29, 1.82) is 0 Å². The summed E-state index contributed by atoms with van der Waals surface area (Å²) in [6.45, 7) is 2.74. The summed E-state index contributed by atoms with van der Waals surface area (Å²) >= 11 is 0. The molecule has 2 rings (SSSR count). The molecular formula is C13H18N2O. The first kappa shape index (κ1) is 11.1. The summed E-state index contributed by atoms with van der Waals surface area (Å²) in [5.74, 6) is 0.0506. The molecule has 0 aromatic heterocycles. The van der Waals surface area contributed by atoms with E-state index in [-0.39, 0.29) is 11.9 Å². The van der Waals surface area contributed by atoms with Gasteiger partial charge in [0.25, 0.3) is 0 Å². The summed E-state index contributed by atoms with van der Waals surface area (Å²) in [5.41, 5.74) is 8.11. The lowest BCUT2D eigenvalue weighted by Crippen LogP contribution is -2.45. The minimum atomic E-state index is -0.369.